The van der Waals surface area contributed by atoms with Crippen molar-refractivity contribution in [1.29, 1.82) is 0 Å². The molecule has 0 spiro atoms. The molecule has 0 aromatic heterocycles. The van der Waals surface area contributed by atoms with E-state index < -0.39 is 5.41 Å². The van der Waals surface area contributed by atoms with Crippen LogP contribution in [0, 0.1) is 0 Å². The van der Waals surface area contributed by atoms with Crippen molar-refractivity contribution in [3.63, 3.8) is 0 Å². The van der Waals surface area contributed by atoms with Crippen LogP contribution in [0.1, 0.15) is 50.2 Å². The number of hydrogen-bond donors (Lipinski definition) is 0. The molecule has 0 atom stereocenters. The molecule has 27 heavy (non-hydrogen) atoms. The summed E-state index contributed by atoms with van der Waals surface area (Å²) in [6, 6.07) is 20.3. The van der Waals surface area contributed by atoms with Gasteiger partial charge in [-0.05, 0) is 37.4 Å². The number of carbonyl (C=O) groups excluding carboxylic acids is 1. The Morgan fingerprint density at radius 2 is 1.52 bits per heavy atom. The van der Waals surface area contributed by atoms with Gasteiger partial charge in [0.15, 0.2) is 0 Å². The Labute approximate surface area is 163 Å². The number of hydrogen-bond acceptors (Lipinski definition) is 3. The highest BCUT2D eigenvalue weighted by molar-refractivity contribution is 5.87. The minimum Gasteiger partial charge on any atom is -0.461 e. The number of ether oxygens (including phenoxy) is 1. The zero-order valence-corrected chi connectivity index (χ0v) is 16.6. The molecule has 1 aliphatic rings. The highest BCUT2D eigenvalue weighted by Gasteiger charge is 2.44. The van der Waals surface area contributed by atoms with Crippen LogP contribution in [0.3, 0.4) is 0 Å². The predicted octanol–water partition coefficient (Wildman–Crippen LogP) is 4.80. The maximum absolute atomic E-state index is 13.7. The zero-order chi connectivity index (χ0) is 19.1. The van der Waals surface area contributed by atoms with Crippen molar-refractivity contribution in [2.45, 2.75) is 50.5 Å². The lowest BCUT2D eigenvalue weighted by Gasteiger charge is -2.36. The van der Waals surface area contributed by atoms with Crippen molar-refractivity contribution < 1.29 is 9.53 Å². The Morgan fingerprint density at radius 1 is 1.00 bits per heavy atom. The first-order valence-corrected chi connectivity index (χ1v) is 10.2. The molecule has 1 heterocycles. The van der Waals surface area contributed by atoms with Gasteiger partial charge in [-0.3, -0.25) is 4.79 Å². The van der Waals surface area contributed by atoms with Gasteiger partial charge in [0, 0.05) is 13.1 Å². The molecule has 2 aromatic rings. The fraction of sp³-hybridized carbons (Fsp3) is 0.458. The minimum absolute atomic E-state index is 0.0159. The van der Waals surface area contributed by atoms with E-state index in [0.29, 0.717) is 0 Å². The molecule has 3 nitrogen and oxygen atoms in total. The molecule has 2 aromatic carbocycles. The number of benzene rings is 2. The molecule has 3 rings (SSSR count). The summed E-state index contributed by atoms with van der Waals surface area (Å²) < 4.78 is 6.15. The standard InChI is InChI=1S/C24H31NO2/c1-3-4-17-24(20-11-7-5-8-12-20,21-13-9-6-10-14-21)23(26)27-22-15-18-25(2)19-16-22/h5-14,22H,3-4,15-19H2,1-2H3. The van der Waals surface area contributed by atoms with Gasteiger partial charge in [-0.2, -0.15) is 0 Å². The second-order valence-electron chi connectivity index (χ2n) is 7.65. The first-order valence-electron chi connectivity index (χ1n) is 10.2. The summed E-state index contributed by atoms with van der Waals surface area (Å²) in [6.07, 6.45) is 4.63. The van der Waals surface area contributed by atoms with Gasteiger partial charge in [0.1, 0.15) is 11.5 Å². The molecule has 0 N–H and O–H groups in total. The number of likely N-dealkylation sites (tertiary alicyclic amines) is 1. The molecular weight excluding hydrogens is 334 g/mol. The molecular formula is C24H31NO2. The molecule has 0 radical (unpaired) electrons. The summed E-state index contributed by atoms with van der Waals surface area (Å²) in [5.41, 5.74) is 1.33. The third kappa shape index (κ3) is 4.41. The summed E-state index contributed by atoms with van der Waals surface area (Å²) in [5.74, 6) is -0.0945. The Morgan fingerprint density at radius 3 is 2.00 bits per heavy atom. The Balaban J connectivity index is 1.98. The predicted molar refractivity (Wildman–Crippen MR) is 110 cm³/mol. The van der Waals surface area contributed by atoms with Crippen LogP contribution >= 0.6 is 0 Å². The summed E-state index contributed by atoms with van der Waals surface area (Å²) >= 11 is 0. The maximum Gasteiger partial charge on any atom is 0.321 e. The molecule has 0 saturated carbocycles. The highest BCUT2D eigenvalue weighted by Crippen LogP contribution is 2.39. The van der Waals surface area contributed by atoms with Crippen molar-refractivity contribution in [2.75, 3.05) is 20.1 Å². The zero-order valence-electron chi connectivity index (χ0n) is 16.6. The van der Waals surface area contributed by atoms with Crippen LogP contribution in [0.25, 0.3) is 0 Å². The van der Waals surface area contributed by atoms with E-state index in [4.69, 9.17) is 4.74 Å². The topological polar surface area (TPSA) is 29.5 Å². The van der Waals surface area contributed by atoms with Crippen molar-refractivity contribution in [2.24, 2.45) is 0 Å². The fourth-order valence-electron chi connectivity index (χ4n) is 4.04. The monoisotopic (exact) mass is 365 g/mol. The van der Waals surface area contributed by atoms with E-state index in [2.05, 4.69) is 43.1 Å². The number of carbonyl (C=O) groups is 1. The number of esters is 1. The number of nitrogens with zero attached hydrogens (tertiary/aromatic N) is 1. The van der Waals surface area contributed by atoms with Crippen LogP contribution in [0.5, 0.6) is 0 Å². The first kappa shape index (κ1) is 19.6. The van der Waals surface area contributed by atoms with Crippen LogP contribution in [0.4, 0.5) is 0 Å². The molecule has 1 fully saturated rings. The Hall–Kier alpha value is -2.13. The van der Waals surface area contributed by atoms with Gasteiger partial charge < -0.3 is 9.64 Å². The number of piperidine rings is 1. The molecule has 0 unspecified atom stereocenters. The average molecular weight is 366 g/mol. The lowest BCUT2D eigenvalue weighted by atomic mass is 9.71. The Bertz CT molecular complexity index is 666. The van der Waals surface area contributed by atoms with Crippen LogP contribution in [0.2, 0.25) is 0 Å². The van der Waals surface area contributed by atoms with Gasteiger partial charge in [0.25, 0.3) is 0 Å². The van der Waals surface area contributed by atoms with Crippen LogP contribution in [0.15, 0.2) is 60.7 Å². The normalized spacial score (nSPS) is 16.2. The fourth-order valence-corrected chi connectivity index (χ4v) is 4.04. The van der Waals surface area contributed by atoms with Gasteiger partial charge in [-0.1, -0.05) is 80.4 Å². The van der Waals surface area contributed by atoms with Crippen LogP contribution < -0.4 is 0 Å². The molecule has 0 bridgehead atoms. The van der Waals surface area contributed by atoms with E-state index in [9.17, 15) is 4.79 Å². The Kier molecular flexibility index (Phi) is 6.68. The highest BCUT2D eigenvalue weighted by atomic mass is 16.5. The van der Waals surface area contributed by atoms with E-state index in [0.717, 1.165) is 56.3 Å². The van der Waals surface area contributed by atoms with Gasteiger partial charge in [-0.15, -0.1) is 0 Å². The summed E-state index contributed by atoms with van der Waals surface area (Å²) in [6.45, 7) is 4.14. The third-order valence-electron chi connectivity index (χ3n) is 5.73. The molecule has 0 amide bonds. The van der Waals surface area contributed by atoms with Crippen molar-refractivity contribution in [1.82, 2.24) is 4.90 Å². The SMILES string of the molecule is CCCCC(C(=O)OC1CCN(C)CC1)(c1ccccc1)c1ccccc1. The average Bonchev–Trinajstić information content (AvgIpc) is 2.72. The molecule has 3 heteroatoms. The summed E-state index contributed by atoms with van der Waals surface area (Å²) in [7, 11) is 2.12. The van der Waals surface area contributed by atoms with E-state index in [1.54, 1.807) is 0 Å². The van der Waals surface area contributed by atoms with E-state index >= 15 is 0 Å². The molecule has 1 aliphatic heterocycles. The largest absolute Gasteiger partial charge is 0.461 e. The van der Waals surface area contributed by atoms with E-state index in [-0.39, 0.29) is 12.1 Å². The van der Waals surface area contributed by atoms with Crippen LogP contribution in [-0.4, -0.2) is 37.1 Å². The van der Waals surface area contributed by atoms with Gasteiger partial charge >= 0.3 is 5.97 Å². The van der Waals surface area contributed by atoms with E-state index in [1.807, 2.05) is 36.4 Å². The second kappa shape index (κ2) is 9.18. The molecule has 1 saturated heterocycles. The van der Waals surface area contributed by atoms with Gasteiger partial charge in [0.2, 0.25) is 0 Å². The second-order valence-corrected chi connectivity index (χ2v) is 7.65. The summed E-state index contributed by atoms with van der Waals surface area (Å²) in [5, 5.41) is 0. The molecule has 0 aliphatic carbocycles. The van der Waals surface area contributed by atoms with Crippen molar-refractivity contribution in [3.05, 3.63) is 71.8 Å². The quantitative estimate of drug-likeness (QED) is 0.660. The van der Waals surface area contributed by atoms with Gasteiger partial charge in [0.05, 0.1) is 0 Å². The third-order valence-corrected chi connectivity index (χ3v) is 5.73. The van der Waals surface area contributed by atoms with Gasteiger partial charge in [-0.25, -0.2) is 0 Å². The number of rotatable bonds is 7. The lowest BCUT2D eigenvalue weighted by Crippen LogP contribution is -2.43. The van der Waals surface area contributed by atoms with E-state index in [1.165, 1.54) is 0 Å². The number of unbranched alkanes of at least 4 members (excludes halogenated alkanes) is 1. The minimum atomic E-state index is -0.734. The van der Waals surface area contributed by atoms with Crippen molar-refractivity contribution in [3.8, 4) is 0 Å². The van der Waals surface area contributed by atoms with Crippen LogP contribution in [-0.2, 0) is 14.9 Å². The first-order chi connectivity index (χ1) is 13.2. The smallest absolute Gasteiger partial charge is 0.321 e. The molecule has 144 valence electrons. The maximum atomic E-state index is 13.7. The lowest BCUT2D eigenvalue weighted by molar-refractivity contribution is -0.157. The van der Waals surface area contributed by atoms with Crippen molar-refractivity contribution >= 4 is 5.97 Å². The summed E-state index contributed by atoms with van der Waals surface area (Å²) in [4.78, 5) is 16.0.